The van der Waals surface area contributed by atoms with Gasteiger partial charge in [0.05, 0.1) is 0 Å². The molecular weight excluding hydrogens is 456 g/mol. The molecule has 0 aliphatic carbocycles. The van der Waals surface area contributed by atoms with Crippen molar-refractivity contribution in [1.82, 2.24) is 0 Å². The second-order valence-electron chi connectivity index (χ2n) is 10.2. The van der Waals surface area contributed by atoms with Crippen LogP contribution in [0.5, 0.6) is 0 Å². The molecule has 0 heteroatoms. The largest absolute Gasteiger partial charge is 0.0616 e. The van der Waals surface area contributed by atoms with Crippen molar-refractivity contribution in [3.05, 3.63) is 146 Å². The van der Waals surface area contributed by atoms with E-state index in [-0.39, 0.29) is 0 Å². The number of benzene rings is 8. The minimum absolute atomic E-state index is 1.25. The van der Waals surface area contributed by atoms with E-state index in [1.807, 2.05) is 0 Å². The van der Waals surface area contributed by atoms with Crippen LogP contribution in [0.1, 0.15) is 0 Å². The first-order chi connectivity index (χ1) is 18.8. The molecule has 8 rings (SSSR count). The molecule has 0 amide bonds. The summed E-state index contributed by atoms with van der Waals surface area (Å²) < 4.78 is 0. The van der Waals surface area contributed by atoms with E-state index in [1.165, 1.54) is 76.1 Å². The van der Waals surface area contributed by atoms with Crippen LogP contribution in [-0.2, 0) is 0 Å². The van der Waals surface area contributed by atoms with Gasteiger partial charge < -0.3 is 0 Å². The molecule has 0 radical (unpaired) electrons. The van der Waals surface area contributed by atoms with Crippen LogP contribution in [0.2, 0.25) is 0 Å². The third kappa shape index (κ3) is 3.24. The Bertz CT molecular complexity index is 2030. The summed E-state index contributed by atoms with van der Waals surface area (Å²) in [5.41, 5.74) is 5.06. The summed E-state index contributed by atoms with van der Waals surface area (Å²) >= 11 is 0. The highest BCUT2D eigenvalue weighted by Crippen LogP contribution is 2.42. The van der Waals surface area contributed by atoms with Crippen LogP contribution in [0.4, 0.5) is 0 Å². The van der Waals surface area contributed by atoms with E-state index in [2.05, 4.69) is 146 Å². The molecule has 0 aliphatic heterocycles. The summed E-state index contributed by atoms with van der Waals surface area (Å²) in [6, 6.07) is 53.4. The second-order valence-corrected chi connectivity index (χ2v) is 10.2. The first kappa shape index (κ1) is 21.2. The molecule has 0 spiro atoms. The summed E-state index contributed by atoms with van der Waals surface area (Å²) in [5.74, 6) is 0. The van der Waals surface area contributed by atoms with Gasteiger partial charge in [0.25, 0.3) is 0 Å². The fraction of sp³-hybridized carbons (Fsp3) is 0. The van der Waals surface area contributed by atoms with Gasteiger partial charge in [0.1, 0.15) is 0 Å². The molecule has 0 aliphatic rings. The van der Waals surface area contributed by atoms with Gasteiger partial charge in [-0.2, -0.15) is 0 Å². The van der Waals surface area contributed by atoms with Gasteiger partial charge in [0.2, 0.25) is 0 Å². The quantitative estimate of drug-likeness (QED) is 0.216. The van der Waals surface area contributed by atoms with Crippen LogP contribution < -0.4 is 0 Å². The molecule has 0 fully saturated rings. The third-order valence-electron chi connectivity index (χ3n) is 7.98. The van der Waals surface area contributed by atoms with Gasteiger partial charge in [-0.25, -0.2) is 0 Å². The first-order valence-corrected chi connectivity index (χ1v) is 13.2. The SMILES string of the molecule is c1ccc2cc(-c3cc4cc(-c5ccc6ccccc6c5)c5ccccc5c4c4ccccc34)ccc2c1. The molecule has 0 aromatic heterocycles. The molecule has 0 saturated heterocycles. The van der Waals surface area contributed by atoms with Crippen molar-refractivity contribution < 1.29 is 0 Å². The monoisotopic (exact) mass is 480 g/mol. The number of hydrogen-bond donors (Lipinski definition) is 0. The predicted octanol–water partition coefficient (Wildman–Crippen LogP) is 10.8. The molecule has 8 aromatic rings. The predicted molar refractivity (Wildman–Crippen MR) is 165 cm³/mol. The summed E-state index contributed by atoms with van der Waals surface area (Å²) in [6.07, 6.45) is 0. The Morgan fingerprint density at radius 1 is 0.263 bits per heavy atom. The lowest BCUT2D eigenvalue weighted by Crippen LogP contribution is -1.89. The second kappa shape index (κ2) is 8.30. The topological polar surface area (TPSA) is 0 Å². The van der Waals surface area contributed by atoms with E-state index >= 15 is 0 Å². The van der Waals surface area contributed by atoms with Crippen molar-refractivity contribution in [3.63, 3.8) is 0 Å². The van der Waals surface area contributed by atoms with Gasteiger partial charge >= 0.3 is 0 Å². The molecule has 0 bridgehead atoms. The summed E-state index contributed by atoms with van der Waals surface area (Å²) in [4.78, 5) is 0. The lowest BCUT2D eigenvalue weighted by atomic mass is 9.87. The Kier molecular flexibility index (Phi) is 4.62. The lowest BCUT2D eigenvalue weighted by molar-refractivity contribution is 1.68. The number of hydrogen-bond acceptors (Lipinski definition) is 0. The van der Waals surface area contributed by atoms with Gasteiger partial charge in [-0.1, -0.05) is 121 Å². The van der Waals surface area contributed by atoms with E-state index in [9.17, 15) is 0 Å². The summed E-state index contributed by atoms with van der Waals surface area (Å²) in [6.45, 7) is 0. The first-order valence-electron chi connectivity index (χ1n) is 13.2. The van der Waals surface area contributed by atoms with Crippen LogP contribution in [-0.4, -0.2) is 0 Å². The van der Waals surface area contributed by atoms with Crippen molar-refractivity contribution >= 4 is 53.9 Å². The zero-order valence-corrected chi connectivity index (χ0v) is 20.9. The highest BCUT2D eigenvalue weighted by atomic mass is 14.2. The van der Waals surface area contributed by atoms with Crippen molar-refractivity contribution in [2.24, 2.45) is 0 Å². The minimum Gasteiger partial charge on any atom is -0.0616 e. The average Bonchev–Trinajstić information content (AvgIpc) is 2.99. The number of rotatable bonds is 2. The Morgan fingerprint density at radius 2 is 0.658 bits per heavy atom. The van der Waals surface area contributed by atoms with E-state index in [0.717, 1.165) is 0 Å². The molecule has 0 heterocycles. The van der Waals surface area contributed by atoms with Gasteiger partial charge in [0.15, 0.2) is 0 Å². The fourth-order valence-electron chi connectivity index (χ4n) is 6.17. The van der Waals surface area contributed by atoms with Crippen LogP contribution in [0.15, 0.2) is 146 Å². The molecule has 0 saturated carbocycles. The zero-order chi connectivity index (χ0) is 25.1. The van der Waals surface area contributed by atoms with Crippen molar-refractivity contribution in [2.45, 2.75) is 0 Å². The smallest absolute Gasteiger partial charge is 0.00259 e. The molecular formula is C38H24. The highest BCUT2D eigenvalue weighted by molar-refractivity contribution is 6.26. The maximum absolute atomic E-state index is 2.40. The standard InChI is InChI=1S/C38H24/c1-3-11-27-21-29(19-17-25(27)9-1)36-23-31-24-37(30-20-18-26-10-2-4-12-28(26)22-30)33-14-6-8-16-35(33)38(31)34-15-7-5-13-32(34)36/h1-24H. The Labute approximate surface area is 221 Å². The Hall–Kier alpha value is -4.94. The normalized spacial score (nSPS) is 11.7. The summed E-state index contributed by atoms with van der Waals surface area (Å²) in [7, 11) is 0. The van der Waals surface area contributed by atoms with E-state index in [0.29, 0.717) is 0 Å². The van der Waals surface area contributed by atoms with Gasteiger partial charge in [-0.05, 0) is 100 Å². The Balaban J connectivity index is 1.48. The molecule has 8 aromatic carbocycles. The van der Waals surface area contributed by atoms with E-state index < -0.39 is 0 Å². The molecule has 0 atom stereocenters. The van der Waals surface area contributed by atoms with Crippen molar-refractivity contribution in [3.8, 4) is 22.3 Å². The van der Waals surface area contributed by atoms with Crippen LogP contribution in [0.25, 0.3) is 76.1 Å². The van der Waals surface area contributed by atoms with Gasteiger partial charge in [-0.15, -0.1) is 0 Å². The molecule has 38 heavy (non-hydrogen) atoms. The van der Waals surface area contributed by atoms with Crippen molar-refractivity contribution in [2.75, 3.05) is 0 Å². The molecule has 176 valence electrons. The van der Waals surface area contributed by atoms with Crippen LogP contribution in [0.3, 0.4) is 0 Å². The van der Waals surface area contributed by atoms with Gasteiger partial charge in [0, 0.05) is 0 Å². The molecule has 0 N–H and O–H groups in total. The van der Waals surface area contributed by atoms with Gasteiger partial charge in [-0.3, -0.25) is 0 Å². The van der Waals surface area contributed by atoms with E-state index in [4.69, 9.17) is 0 Å². The van der Waals surface area contributed by atoms with Crippen LogP contribution in [0, 0.1) is 0 Å². The van der Waals surface area contributed by atoms with E-state index in [1.54, 1.807) is 0 Å². The Morgan fingerprint density at radius 3 is 1.13 bits per heavy atom. The third-order valence-corrected chi connectivity index (χ3v) is 7.98. The molecule has 0 nitrogen and oxygen atoms in total. The zero-order valence-electron chi connectivity index (χ0n) is 20.9. The highest BCUT2D eigenvalue weighted by Gasteiger charge is 2.15. The minimum atomic E-state index is 1.25. The number of fused-ring (bicyclic) bond motifs is 7. The molecule has 0 unspecified atom stereocenters. The van der Waals surface area contributed by atoms with Crippen molar-refractivity contribution in [1.29, 1.82) is 0 Å². The summed E-state index contributed by atoms with van der Waals surface area (Å²) in [5, 5.41) is 12.9. The average molecular weight is 481 g/mol. The lowest BCUT2D eigenvalue weighted by Gasteiger charge is -2.16. The maximum atomic E-state index is 2.40. The maximum Gasteiger partial charge on any atom is -0.00259 e. The fourth-order valence-corrected chi connectivity index (χ4v) is 6.17. The van der Waals surface area contributed by atoms with Crippen LogP contribution >= 0.6 is 0 Å².